The van der Waals surface area contributed by atoms with Crippen LogP contribution in [0.1, 0.15) is 20.8 Å². The molecule has 1 fully saturated rings. The smallest absolute Gasteiger partial charge is 0.303 e. The first kappa shape index (κ1) is 25.6. The fraction of sp³-hybridized carbons (Fsp3) is 0.500. The van der Waals surface area contributed by atoms with Gasteiger partial charge in [-0.25, -0.2) is 0 Å². The van der Waals surface area contributed by atoms with Gasteiger partial charge in [-0.2, -0.15) is 0 Å². The van der Waals surface area contributed by atoms with Crippen LogP contribution in [0.4, 0.5) is 5.69 Å². The van der Waals surface area contributed by atoms with Gasteiger partial charge in [-0.15, -0.1) is 0 Å². The summed E-state index contributed by atoms with van der Waals surface area (Å²) in [7, 11) is 0. The van der Waals surface area contributed by atoms with E-state index in [0.717, 1.165) is 32.9 Å². The van der Waals surface area contributed by atoms with Crippen molar-refractivity contribution in [3.63, 3.8) is 0 Å². The van der Waals surface area contributed by atoms with Gasteiger partial charge in [0.2, 0.25) is 12.4 Å². The summed E-state index contributed by atoms with van der Waals surface area (Å²) >= 11 is 6.07. The predicted molar refractivity (Wildman–Crippen MR) is 108 cm³/mol. The van der Waals surface area contributed by atoms with Crippen molar-refractivity contribution in [2.75, 3.05) is 6.54 Å². The van der Waals surface area contributed by atoms with Crippen molar-refractivity contribution in [2.24, 2.45) is 5.11 Å². The van der Waals surface area contributed by atoms with Gasteiger partial charge in [-0.05, 0) is 11.6 Å². The highest BCUT2D eigenvalue weighted by molar-refractivity contribution is 6.32. The topological polar surface area (TPSA) is 189 Å². The van der Waals surface area contributed by atoms with Crippen molar-refractivity contribution in [1.29, 1.82) is 0 Å². The summed E-state index contributed by atoms with van der Waals surface area (Å²) in [5, 5.41) is 14.2. The van der Waals surface area contributed by atoms with Gasteiger partial charge < -0.3 is 23.7 Å². The van der Waals surface area contributed by atoms with Crippen molar-refractivity contribution in [3.8, 4) is 5.75 Å². The van der Waals surface area contributed by atoms with Crippen LogP contribution in [0.3, 0.4) is 0 Å². The maximum atomic E-state index is 11.8. The highest BCUT2D eigenvalue weighted by atomic mass is 35.5. The fourth-order valence-corrected chi connectivity index (χ4v) is 3.26. The fourth-order valence-electron chi connectivity index (χ4n) is 3.04. The van der Waals surface area contributed by atoms with Crippen LogP contribution in [0.5, 0.6) is 5.75 Å². The molecule has 14 nitrogen and oxygen atoms in total. The number of non-ortho nitro benzene ring substituents is 1. The van der Waals surface area contributed by atoms with E-state index in [-0.39, 0.29) is 23.0 Å². The maximum Gasteiger partial charge on any atom is 0.303 e. The molecule has 2 rings (SSSR count). The van der Waals surface area contributed by atoms with Crippen LogP contribution >= 0.6 is 11.6 Å². The molecule has 0 spiro atoms. The number of hydrogen-bond acceptors (Lipinski definition) is 11. The second-order valence-corrected chi connectivity index (χ2v) is 7.08. The van der Waals surface area contributed by atoms with E-state index >= 15 is 0 Å². The van der Waals surface area contributed by atoms with E-state index in [2.05, 4.69) is 10.0 Å². The number of nitrogens with zero attached hydrogens (tertiary/aromatic N) is 4. The number of carbonyl (C=O) groups is 3. The molecule has 0 amide bonds. The molecule has 0 unspecified atom stereocenters. The van der Waals surface area contributed by atoms with Crippen LogP contribution in [-0.4, -0.2) is 60.1 Å². The minimum Gasteiger partial charge on any atom is -0.459 e. The second kappa shape index (κ2) is 11.3. The molecule has 0 radical (unpaired) electrons. The van der Waals surface area contributed by atoms with E-state index < -0.39 is 53.5 Å². The molecular formula is C18H19ClN4O10. The number of ether oxygens (including phenoxy) is 5. The number of azide groups is 1. The summed E-state index contributed by atoms with van der Waals surface area (Å²) in [6.07, 6.45) is -6.87. The predicted octanol–water partition coefficient (Wildman–Crippen LogP) is 2.46. The number of hydrogen-bond donors (Lipinski definition) is 0. The van der Waals surface area contributed by atoms with Gasteiger partial charge in [-0.1, -0.05) is 16.7 Å². The lowest BCUT2D eigenvalue weighted by atomic mass is 9.97. The zero-order chi connectivity index (χ0) is 24.7. The Hall–Kier alpha value is -3.61. The summed E-state index contributed by atoms with van der Waals surface area (Å²) < 4.78 is 27.2. The van der Waals surface area contributed by atoms with Crippen LogP contribution in [0.15, 0.2) is 23.3 Å². The summed E-state index contributed by atoms with van der Waals surface area (Å²) in [5.74, 6) is -2.46. The van der Waals surface area contributed by atoms with Crippen molar-refractivity contribution >= 4 is 35.2 Å². The highest BCUT2D eigenvalue weighted by Gasteiger charge is 2.52. The minimum absolute atomic E-state index is 0.0838. The lowest BCUT2D eigenvalue weighted by Gasteiger charge is -2.44. The molecule has 1 heterocycles. The molecular weight excluding hydrogens is 468 g/mol. The molecule has 0 aliphatic carbocycles. The number of nitro groups is 1. The average molecular weight is 487 g/mol. The molecule has 0 N–H and O–H groups in total. The van der Waals surface area contributed by atoms with Crippen LogP contribution in [0, 0.1) is 10.1 Å². The first-order chi connectivity index (χ1) is 15.5. The number of rotatable bonds is 8. The molecule has 0 bridgehead atoms. The largest absolute Gasteiger partial charge is 0.459 e. The summed E-state index contributed by atoms with van der Waals surface area (Å²) in [4.78, 5) is 48.1. The average Bonchev–Trinajstić information content (AvgIpc) is 2.71. The zero-order valence-corrected chi connectivity index (χ0v) is 18.3. The normalized spacial score (nSPS) is 24.1. The molecule has 0 aromatic heterocycles. The van der Waals surface area contributed by atoms with Gasteiger partial charge >= 0.3 is 17.9 Å². The lowest BCUT2D eigenvalue weighted by Crippen LogP contribution is -2.63. The van der Waals surface area contributed by atoms with Gasteiger partial charge in [0.25, 0.3) is 5.69 Å². The quantitative estimate of drug-likeness (QED) is 0.100. The minimum atomic E-state index is -1.50. The Morgan fingerprint density at radius 1 is 1.12 bits per heavy atom. The molecule has 1 aliphatic rings. The Morgan fingerprint density at radius 2 is 1.70 bits per heavy atom. The Bertz CT molecular complexity index is 983. The Labute approximate surface area is 191 Å². The molecule has 15 heteroatoms. The molecule has 1 saturated heterocycles. The van der Waals surface area contributed by atoms with Crippen molar-refractivity contribution < 1.29 is 43.0 Å². The first-order valence-corrected chi connectivity index (χ1v) is 9.69. The summed E-state index contributed by atoms with van der Waals surface area (Å²) in [5.41, 5.74) is 8.39. The number of nitro benzene ring substituents is 1. The van der Waals surface area contributed by atoms with E-state index in [1.165, 1.54) is 6.07 Å². The van der Waals surface area contributed by atoms with Crippen molar-refractivity contribution in [2.45, 2.75) is 51.5 Å². The standard InChI is InChI=1S/C18H19ClN4O10/c1-8(24)29-15-14(7-21-22-20)33-18(17(31-10(3)26)16(15)30-9(2)25)32-13-5-4-11(23(27)28)6-12(13)19/h4-6,14-18H,7H2,1-3H3/t14-,15-,16+,17-,18+/m1/s1. The van der Waals surface area contributed by atoms with Crippen molar-refractivity contribution in [3.05, 3.63) is 43.8 Å². The van der Waals surface area contributed by atoms with E-state index in [9.17, 15) is 24.5 Å². The Kier molecular flexibility index (Phi) is 8.79. The number of carbonyl (C=O) groups excluding carboxylic acids is 3. The Balaban J connectivity index is 2.50. The van der Waals surface area contributed by atoms with Gasteiger partial charge in [0.05, 0.1) is 16.5 Å². The highest BCUT2D eigenvalue weighted by Crippen LogP contribution is 2.34. The number of benzene rings is 1. The monoisotopic (exact) mass is 486 g/mol. The molecule has 178 valence electrons. The molecule has 33 heavy (non-hydrogen) atoms. The summed E-state index contributed by atoms with van der Waals surface area (Å²) in [6, 6.07) is 3.34. The van der Waals surface area contributed by atoms with Crippen LogP contribution < -0.4 is 4.74 Å². The van der Waals surface area contributed by atoms with Crippen LogP contribution in [-0.2, 0) is 33.3 Å². The SMILES string of the molecule is CC(=O)O[C@@H]1[C@@H](OC(C)=O)[C@@H](Oc2ccc([N+](=O)[O-])cc2Cl)O[C@H](CN=[N+]=[N-])[C@H]1OC(C)=O. The third kappa shape index (κ3) is 6.94. The third-order valence-electron chi connectivity index (χ3n) is 4.19. The maximum absolute atomic E-state index is 11.8. The molecule has 1 aromatic carbocycles. The number of halogens is 1. The van der Waals surface area contributed by atoms with Gasteiger partial charge in [0, 0.05) is 37.8 Å². The van der Waals surface area contributed by atoms with E-state index in [0.29, 0.717) is 0 Å². The number of esters is 3. The Morgan fingerprint density at radius 3 is 2.21 bits per heavy atom. The molecule has 5 atom stereocenters. The van der Waals surface area contributed by atoms with Crippen LogP contribution in [0.2, 0.25) is 5.02 Å². The van der Waals surface area contributed by atoms with Crippen LogP contribution in [0.25, 0.3) is 10.4 Å². The van der Waals surface area contributed by atoms with E-state index in [1.54, 1.807) is 0 Å². The van der Waals surface area contributed by atoms with Gasteiger partial charge in [0.15, 0.2) is 12.2 Å². The molecule has 1 aliphatic heterocycles. The summed E-state index contributed by atoms with van der Waals surface area (Å²) in [6.45, 7) is 2.88. The third-order valence-corrected chi connectivity index (χ3v) is 4.49. The molecule has 0 saturated carbocycles. The van der Waals surface area contributed by atoms with Crippen molar-refractivity contribution in [1.82, 2.24) is 0 Å². The lowest BCUT2D eigenvalue weighted by molar-refractivity contribution is -0.384. The first-order valence-electron chi connectivity index (χ1n) is 9.32. The molecule has 1 aromatic rings. The second-order valence-electron chi connectivity index (χ2n) is 6.67. The van der Waals surface area contributed by atoms with E-state index in [4.69, 9.17) is 40.8 Å². The van der Waals surface area contributed by atoms with Gasteiger partial charge in [0.1, 0.15) is 11.9 Å². The van der Waals surface area contributed by atoms with Gasteiger partial charge in [-0.3, -0.25) is 24.5 Å². The zero-order valence-electron chi connectivity index (χ0n) is 17.6. The van der Waals surface area contributed by atoms with E-state index in [1.807, 2.05) is 0 Å².